The summed E-state index contributed by atoms with van der Waals surface area (Å²) >= 11 is 0. The van der Waals surface area contributed by atoms with Gasteiger partial charge in [-0.2, -0.15) is 0 Å². The van der Waals surface area contributed by atoms with E-state index in [-0.39, 0.29) is 65.1 Å². The first kappa shape index (κ1) is 20.6. The number of hydrogen-bond acceptors (Lipinski definition) is 4. The van der Waals surface area contributed by atoms with E-state index in [2.05, 4.69) is 0 Å². The van der Waals surface area contributed by atoms with Gasteiger partial charge in [0.2, 0.25) is 16.0 Å². The predicted octanol–water partition coefficient (Wildman–Crippen LogP) is 2.95. The van der Waals surface area contributed by atoms with E-state index in [4.69, 9.17) is 16.0 Å². The summed E-state index contributed by atoms with van der Waals surface area (Å²) < 4.78 is 2.54. The first-order valence-corrected chi connectivity index (χ1v) is 11.2. The van der Waals surface area contributed by atoms with Crippen molar-refractivity contribution in [1.82, 2.24) is 8.96 Å². The smallest absolute Gasteiger partial charge is 0.235 e. The van der Waals surface area contributed by atoms with Gasteiger partial charge in [-0.3, -0.25) is 19.2 Å². The lowest BCUT2D eigenvalue weighted by Crippen LogP contribution is -2.18. The molecule has 36 heavy (non-hydrogen) atoms. The van der Waals surface area contributed by atoms with Crippen LogP contribution in [0.25, 0.3) is 65.2 Å². The van der Waals surface area contributed by atoms with Crippen molar-refractivity contribution in [3.63, 3.8) is 0 Å². The Morgan fingerprint density at radius 2 is 0.750 bits per heavy atom. The Kier molecular flexibility index (Phi) is 3.97. The molecule has 0 amide bonds. The molecule has 164 valence electrons. The molecule has 1 heterocycles. The molecule has 0 fully saturated rings. The molecule has 7 rings (SSSR count). The van der Waals surface area contributed by atoms with Gasteiger partial charge in [0.15, 0.2) is 21.7 Å². The van der Waals surface area contributed by atoms with Crippen molar-refractivity contribution in [2.75, 3.05) is 0 Å². The van der Waals surface area contributed by atoms with Crippen molar-refractivity contribution in [2.24, 2.45) is 0 Å². The van der Waals surface area contributed by atoms with Gasteiger partial charge in [0.05, 0.1) is 32.8 Å². The standard InChI is InChI=1S/C28H12B2N2O4/c29-31-20-12-10-18-22(28(36)16-8-4-2-6-14(16)26(18)34)24(20)32(30)19-11-9-17-21(23(19)31)27(35)15-7-3-1-5-13(15)25(17)33/h1-12H. The zero-order valence-electron chi connectivity index (χ0n) is 18.6. The van der Waals surface area contributed by atoms with Crippen LogP contribution in [-0.2, 0) is 0 Å². The summed E-state index contributed by atoms with van der Waals surface area (Å²) in [5.74, 6) is 0. The van der Waals surface area contributed by atoms with Gasteiger partial charge in [-0.25, -0.2) is 0 Å². The van der Waals surface area contributed by atoms with E-state index in [9.17, 15) is 19.2 Å². The third kappa shape index (κ3) is 2.38. The third-order valence-electron chi connectivity index (χ3n) is 7.09. The average Bonchev–Trinajstić information content (AvgIpc) is 2.92. The van der Waals surface area contributed by atoms with Crippen molar-refractivity contribution in [1.29, 1.82) is 0 Å². The van der Waals surface area contributed by atoms with Crippen LogP contribution in [0, 0.1) is 0 Å². The second kappa shape index (κ2) is 6.92. The molecule has 0 bridgehead atoms. The molecule has 1 aromatic heterocycles. The van der Waals surface area contributed by atoms with Gasteiger partial charge >= 0.3 is 0 Å². The van der Waals surface area contributed by atoms with Crippen LogP contribution in [0.2, 0.25) is 0 Å². The highest BCUT2D eigenvalue weighted by Crippen LogP contribution is 2.30. The Morgan fingerprint density at radius 3 is 1.11 bits per heavy atom. The largest absolute Gasteiger partial charge is 0.394 e. The molecule has 0 aliphatic rings. The van der Waals surface area contributed by atoms with Gasteiger partial charge < -0.3 is 8.96 Å². The van der Waals surface area contributed by atoms with E-state index in [1.165, 1.54) is 8.96 Å². The molecular weight excluding hydrogens is 450 g/mol. The second-order valence-corrected chi connectivity index (χ2v) is 8.86. The van der Waals surface area contributed by atoms with Crippen LogP contribution in [0.1, 0.15) is 0 Å². The highest BCUT2D eigenvalue weighted by Gasteiger charge is 2.20. The molecule has 0 N–H and O–H groups in total. The summed E-state index contributed by atoms with van der Waals surface area (Å²) in [5, 5.41) is 1.97. The number of fused-ring (bicyclic) bond motifs is 8. The number of nitrogens with zero attached hydrogens (tertiary/aromatic N) is 2. The minimum Gasteiger partial charge on any atom is -0.394 e. The second-order valence-electron chi connectivity index (χ2n) is 8.86. The van der Waals surface area contributed by atoms with Crippen LogP contribution in [0.15, 0.2) is 92.0 Å². The monoisotopic (exact) mass is 462 g/mol. The van der Waals surface area contributed by atoms with Crippen LogP contribution in [0.3, 0.4) is 0 Å². The Hall–Kier alpha value is -4.71. The quantitative estimate of drug-likeness (QED) is 0.197. The minimum atomic E-state index is -0.345. The van der Waals surface area contributed by atoms with Gasteiger partial charge in [0.25, 0.3) is 0 Å². The molecule has 0 aliphatic carbocycles. The number of aromatic nitrogens is 2. The van der Waals surface area contributed by atoms with E-state index in [0.29, 0.717) is 21.8 Å². The minimum absolute atomic E-state index is 0.144. The van der Waals surface area contributed by atoms with Crippen LogP contribution < -0.4 is 21.7 Å². The van der Waals surface area contributed by atoms with Crippen LogP contribution in [-0.4, -0.2) is 24.9 Å². The summed E-state index contributed by atoms with van der Waals surface area (Å²) in [7, 11) is 13.1. The summed E-state index contributed by atoms with van der Waals surface area (Å²) in [4.78, 5) is 53.6. The van der Waals surface area contributed by atoms with Crippen molar-refractivity contribution < 1.29 is 0 Å². The lowest BCUT2D eigenvalue weighted by atomic mass is 9.97. The van der Waals surface area contributed by atoms with Gasteiger partial charge in [0, 0.05) is 32.3 Å². The van der Waals surface area contributed by atoms with Crippen molar-refractivity contribution >= 4 is 81.1 Å². The topological polar surface area (TPSA) is 78.1 Å². The van der Waals surface area contributed by atoms with Gasteiger partial charge in [-0.05, 0) is 24.3 Å². The number of hydrogen-bond donors (Lipinski definition) is 0. The molecule has 6 aromatic carbocycles. The zero-order valence-corrected chi connectivity index (χ0v) is 18.6. The lowest BCUT2D eigenvalue weighted by molar-refractivity contribution is 1.27. The zero-order chi connectivity index (χ0) is 24.9. The summed E-state index contributed by atoms with van der Waals surface area (Å²) in [5.41, 5.74) is -0.0867. The normalized spacial score (nSPS) is 12.0. The Balaban J connectivity index is 1.80. The summed E-state index contributed by atoms with van der Waals surface area (Å²) in [6.07, 6.45) is 0. The van der Waals surface area contributed by atoms with Crippen LogP contribution in [0.5, 0.6) is 0 Å². The van der Waals surface area contributed by atoms with Crippen LogP contribution >= 0.6 is 0 Å². The molecule has 6 nitrogen and oxygen atoms in total. The molecule has 0 aliphatic heterocycles. The maximum absolute atomic E-state index is 13.6. The van der Waals surface area contributed by atoms with Crippen molar-refractivity contribution in [3.05, 3.63) is 114 Å². The number of benzene rings is 6. The molecule has 4 radical (unpaired) electrons. The van der Waals surface area contributed by atoms with E-state index in [1.807, 2.05) is 0 Å². The molecular formula is C28H12B2N2O4. The van der Waals surface area contributed by atoms with Gasteiger partial charge in [-0.15, -0.1) is 0 Å². The Morgan fingerprint density at radius 1 is 0.417 bits per heavy atom. The molecule has 0 saturated carbocycles. The van der Waals surface area contributed by atoms with Crippen molar-refractivity contribution in [3.8, 4) is 0 Å². The maximum Gasteiger partial charge on any atom is 0.235 e. The van der Waals surface area contributed by atoms with E-state index in [1.54, 1.807) is 72.8 Å². The molecule has 8 heteroatoms. The predicted molar refractivity (Wildman–Crippen MR) is 146 cm³/mol. The Labute approximate surface area is 203 Å². The molecule has 0 spiro atoms. The van der Waals surface area contributed by atoms with Gasteiger partial charge in [-0.1, -0.05) is 48.5 Å². The first-order valence-electron chi connectivity index (χ1n) is 11.2. The highest BCUT2D eigenvalue weighted by atomic mass is 16.1. The molecule has 0 saturated heterocycles. The molecule has 7 aromatic rings. The SMILES string of the molecule is [B]n1c2ccc3c(=O)c4ccccc4c(=O)c3c2n([B])c2ccc3c(=O)c4ccccc4c(=O)c3c21. The fourth-order valence-electron chi connectivity index (χ4n) is 5.43. The number of rotatable bonds is 0. The fraction of sp³-hybridized carbons (Fsp3) is 0. The van der Waals surface area contributed by atoms with E-state index >= 15 is 0 Å². The maximum atomic E-state index is 13.6. The van der Waals surface area contributed by atoms with E-state index < -0.39 is 0 Å². The summed E-state index contributed by atoms with van der Waals surface area (Å²) in [6, 6.07) is 19.5. The van der Waals surface area contributed by atoms with Gasteiger partial charge in [0.1, 0.15) is 0 Å². The average molecular weight is 462 g/mol. The summed E-state index contributed by atoms with van der Waals surface area (Å²) in [6.45, 7) is 0. The van der Waals surface area contributed by atoms with Crippen LogP contribution in [0.4, 0.5) is 0 Å². The fourth-order valence-corrected chi connectivity index (χ4v) is 5.43. The van der Waals surface area contributed by atoms with Crippen molar-refractivity contribution in [2.45, 2.75) is 0 Å². The first-order chi connectivity index (χ1) is 17.4. The third-order valence-corrected chi connectivity index (χ3v) is 7.09. The molecule has 0 unspecified atom stereocenters. The highest BCUT2D eigenvalue weighted by molar-refractivity contribution is 6.28. The molecule has 0 atom stereocenters. The lowest BCUT2D eigenvalue weighted by Gasteiger charge is -2.20. The van der Waals surface area contributed by atoms with E-state index in [0.717, 1.165) is 0 Å². The Bertz CT molecular complexity index is 2210.